The summed E-state index contributed by atoms with van der Waals surface area (Å²) in [6.45, 7) is 0. The van der Waals surface area contributed by atoms with E-state index in [1.165, 1.54) is 10.9 Å². The molecule has 0 atom stereocenters. The van der Waals surface area contributed by atoms with Gasteiger partial charge < -0.3 is 11.1 Å². The molecule has 1 amide bonds. The highest BCUT2D eigenvalue weighted by Crippen LogP contribution is 2.13. The van der Waals surface area contributed by atoms with Crippen LogP contribution in [0.25, 0.3) is 0 Å². The van der Waals surface area contributed by atoms with E-state index in [1.807, 2.05) is 0 Å². The topological polar surface area (TPSA) is 102 Å². The van der Waals surface area contributed by atoms with E-state index in [0.29, 0.717) is 17.2 Å². The van der Waals surface area contributed by atoms with Crippen molar-refractivity contribution >= 4 is 17.4 Å². The van der Waals surface area contributed by atoms with Crippen LogP contribution >= 0.6 is 0 Å². The number of anilines is 2. The number of aromatic amines is 1. The van der Waals surface area contributed by atoms with Crippen LogP contribution in [0.4, 0.5) is 11.5 Å². The quantitative estimate of drug-likeness (QED) is 0.642. The molecule has 0 saturated carbocycles. The fourth-order valence-corrected chi connectivity index (χ4v) is 1.17. The van der Waals surface area contributed by atoms with E-state index in [1.54, 1.807) is 19.3 Å². The third-order valence-electron chi connectivity index (χ3n) is 1.96. The number of hydrogen-bond acceptors (Lipinski definition) is 4. The van der Waals surface area contributed by atoms with Crippen LogP contribution in [0.3, 0.4) is 0 Å². The average molecular weight is 206 g/mol. The molecule has 0 radical (unpaired) electrons. The number of nitrogens with two attached hydrogens (primary N) is 1. The lowest BCUT2D eigenvalue weighted by molar-refractivity contribution is 0.101. The maximum atomic E-state index is 11.7. The van der Waals surface area contributed by atoms with Crippen molar-refractivity contribution in [2.75, 3.05) is 11.1 Å². The van der Waals surface area contributed by atoms with Gasteiger partial charge in [0.15, 0.2) is 5.82 Å². The smallest absolute Gasteiger partial charge is 0.275 e. The number of hydrogen-bond donors (Lipinski definition) is 3. The lowest BCUT2D eigenvalue weighted by Crippen LogP contribution is -2.17. The summed E-state index contributed by atoms with van der Waals surface area (Å²) in [6, 6.07) is 1.61. The standard InChI is InChI=1S/C8H10N6O/c1-14-6(2-3-11-14)8(15)12-7-5(9)4-10-13-7/h2-4H,9H2,1H3,(H2,10,12,13,15). The molecule has 4 N–H and O–H groups in total. The van der Waals surface area contributed by atoms with E-state index in [9.17, 15) is 4.79 Å². The van der Waals surface area contributed by atoms with Crippen molar-refractivity contribution < 1.29 is 4.79 Å². The summed E-state index contributed by atoms with van der Waals surface area (Å²) in [7, 11) is 1.69. The van der Waals surface area contributed by atoms with Crippen LogP contribution in [-0.4, -0.2) is 25.9 Å². The molecule has 0 unspecified atom stereocenters. The van der Waals surface area contributed by atoms with Gasteiger partial charge >= 0.3 is 0 Å². The molecule has 2 aromatic rings. The molecule has 0 bridgehead atoms. The van der Waals surface area contributed by atoms with Gasteiger partial charge in [-0.1, -0.05) is 0 Å². The van der Waals surface area contributed by atoms with Crippen molar-refractivity contribution in [1.82, 2.24) is 20.0 Å². The SMILES string of the molecule is Cn1nccc1C(=O)Nc1[nH]ncc1N. The number of carbonyl (C=O) groups is 1. The Bertz CT molecular complexity index is 485. The minimum atomic E-state index is -0.286. The monoisotopic (exact) mass is 206 g/mol. The summed E-state index contributed by atoms with van der Waals surface area (Å²) in [5.41, 5.74) is 6.39. The Hall–Kier alpha value is -2.31. The summed E-state index contributed by atoms with van der Waals surface area (Å²) >= 11 is 0. The zero-order valence-corrected chi connectivity index (χ0v) is 8.06. The van der Waals surface area contributed by atoms with Crippen LogP contribution in [0.2, 0.25) is 0 Å². The second kappa shape index (κ2) is 3.45. The molecule has 7 heteroatoms. The number of rotatable bonds is 2. The van der Waals surface area contributed by atoms with E-state index >= 15 is 0 Å². The van der Waals surface area contributed by atoms with Gasteiger partial charge in [0, 0.05) is 13.2 Å². The van der Waals surface area contributed by atoms with E-state index in [-0.39, 0.29) is 5.91 Å². The zero-order valence-electron chi connectivity index (χ0n) is 8.06. The van der Waals surface area contributed by atoms with Gasteiger partial charge in [-0.25, -0.2) is 0 Å². The molecular weight excluding hydrogens is 196 g/mol. The Morgan fingerprint density at radius 2 is 2.47 bits per heavy atom. The van der Waals surface area contributed by atoms with Gasteiger partial charge in [-0.2, -0.15) is 10.2 Å². The van der Waals surface area contributed by atoms with E-state index in [4.69, 9.17) is 5.73 Å². The van der Waals surface area contributed by atoms with Crippen LogP contribution in [0.1, 0.15) is 10.5 Å². The number of nitrogens with one attached hydrogen (secondary N) is 2. The van der Waals surface area contributed by atoms with Crippen LogP contribution in [0.5, 0.6) is 0 Å². The first-order chi connectivity index (χ1) is 7.18. The van der Waals surface area contributed by atoms with Crippen LogP contribution < -0.4 is 11.1 Å². The largest absolute Gasteiger partial charge is 0.394 e. The third-order valence-corrected chi connectivity index (χ3v) is 1.96. The summed E-state index contributed by atoms with van der Waals surface area (Å²) in [4.78, 5) is 11.7. The normalized spacial score (nSPS) is 10.2. The Morgan fingerprint density at radius 3 is 3.00 bits per heavy atom. The number of nitrogen functional groups attached to an aromatic ring is 1. The molecule has 7 nitrogen and oxygen atoms in total. The molecule has 78 valence electrons. The van der Waals surface area contributed by atoms with Gasteiger partial charge in [0.2, 0.25) is 0 Å². The first-order valence-corrected chi connectivity index (χ1v) is 4.26. The number of carbonyl (C=O) groups excluding carboxylic acids is 1. The fourth-order valence-electron chi connectivity index (χ4n) is 1.17. The van der Waals surface area contributed by atoms with E-state index in [0.717, 1.165) is 0 Å². The Kier molecular flexibility index (Phi) is 2.13. The highest BCUT2D eigenvalue weighted by Gasteiger charge is 2.11. The van der Waals surface area contributed by atoms with Gasteiger partial charge in [0.25, 0.3) is 5.91 Å². The fraction of sp³-hybridized carbons (Fsp3) is 0.125. The molecule has 2 aromatic heterocycles. The van der Waals surface area contributed by atoms with Crippen LogP contribution in [0.15, 0.2) is 18.5 Å². The van der Waals surface area contributed by atoms with Gasteiger partial charge in [-0.15, -0.1) is 0 Å². The minimum absolute atomic E-state index is 0.286. The molecule has 2 rings (SSSR count). The molecule has 0 aliphatic carbocycles. The van der Waals surface area contributed by atoms with E-state index < -0.39 is 0 Å². The molecule has 0 saturated heterocycles. The van der Waals surface area contributed by atoms with Crippen LogP contribution in [0, 0.1) is 0 Å². The van der Waals surface area contributed by atoms with Gasteiger partial charge in [0.1, 0.15) is 5.69 Å². The molecule has 0 fully saturated rings. The first-order valence-electron chi connectivity index (χ1n) is 4.26. The predicted octanol–water partition coefficient (Wildman–Crippen LogP) is -0.0223. The maximum absolute atomic E-state index is 11.7. The van der Waals surface area contributed by atoms with Crippen LogP contribution in [-0.2, 0) is 7.05 Å². The van der Waals surface area contributed by atoms with Crippen molar-refractivity contribution in [3.05, 3.63) is 24.2 Å². The van der Waals surface area contributed by atoms with Crippen molar-refractivity contribution in [2.45, 2.75) is 0 Å². The lowest BCUT2D eigenvalue weighted by Gasteiger charge is -2.03. The van der Waals surface area contributed by atoms with E-state index in [2.05, 4.69) is 20.6 Å². The number of aromatic nitrogens is 4. The summed E-state index contributed by atoms with van der Waals surface area (Å²) in [6.07, 6.45) is 2.98. The minimum Gasteiger partial charge on any atom is -0.394 e. The molecular formula is C8H10N6O. The summed E-state index contributed by atoms with van der Waals surface area (Å²) < 4.78 is 1.47. The zero-order chi connectivity index (χ0) is 10.8. The van der Waals surface area contributed by atoms with Gasteiger partial charge in [-0.3, -0.25) is 14.6 Å². The molecule has 0 aromatic carbocycles. The predicted molar refractivity (Wildman–Crippen MR) is 54.2 cm³/mol. The van der Waals surface area contributed by atoms with Crippen molar-refractivity contribution in [1.29, 1.82) is 0 Å². The summed E-state index contributed by atoms with van der Waals surface area (Å²) in [5.74, 6) is 0.104. The Morgan fingerprint density at radius 1 is 1.67 bits per heavy atom. The third kappa shape index (κ3) is 1.66. The average Bonchev–Trinajstić information content (AvgIpc) is 2.76. The Balaban J connectivity index is 2.18. The van der Waals surface area contributed by atoms with Crippen molar-refractivity contribution in [3.8, 4) is 0 Å². The maximum Gasteiger partial charge on any atom is 0.275 e. The number of nitrogens with zero attached hydrogens (tertiary/aromatic N) is 3. The van der Waals surface area contributed by atoms with Crippen molar-refractivity contribution in [2.24, 2.45) is 7.05 Å². The molecule has 0 aliphatic heterocycles. The second-order valence-electron chi connectivity index (χ2n) is 2.99. The summed E-state index contributed by atoms with van der Waals surface area (Å²) in [5, 5.41) is 12.8. The number of amides is 1. The van der Waals surface area contributed by atoms with Crippen molar-refractivity contribution in [3.63, 3.8) is 0 Å². The number of H-pyrrole nitrogens is 1. The first kappa shape index (κ1) is 9.25. The highest BCUT2D eigenvalue weighted by molar-refractivity contribution is 6.03. The molecule has 15 heavy (non-hydrogen) atoms. The molecule has 0 aliphatic rings. The molecule has 0 spiro atoms. The lowest BCUT2D eigenvalue weighted by atomic mass is 10.4. The Labute approximate surface area is 85.3 Å². The van der Waals surface area contributed by atoms with Gasteiger partial charge in [-0.05, 0) is 6.07 Å². The number of aryl methyl sites for hydroxylation is 1. The highest BCUT2D eigenvalue weighted by atomic mass is 16.2. The molecule has 2 heterocycles. The van der Waals surface area contributed by atoms with Gasteiger partial charge in [0.05, 0.1) is 11.9 Å². The second-order valence-corrected chi connectivity index (χ2v) is 2.99.